The summed E-state index contributed by atoms with van der Waals surface area (Å²) in [5.74, 6) is 0. The number of hydrazone groups is 1. The van der Waals surface area contributed by atoms with Gasteiger partial charge >= 0.3 is 0 Å². The third-order valence-electron chi connectivity index (χ3n) is 2.46. The third kappa shape index (κ3) is 5.19. The molecule has 2 rings (SSSR count). The maximum atomic E-state index is 5.13. The molecule has 2 N–H and O–H groups in total. The maximum Gasteiger partial charge on any atom is 0.186 e. The molecule has 0 saturated carbocycles. The molecule has 0 bridgehead atoms. The zero-order valence-corrected chi connectivity index (χ0v) is 12.0. The smallest absolute Gasteiger partial charge is 0.186 e. The van der Waals surface area contributed by atoms with Crippen LogP contribution in [0.1, 0.15) is 11.1 Å². The molecule has 2 aromatic rings. The van der Waals surface area contributed by atoms with Crippen LogP contribution in [0.15, 0.2) is 52.3 Å². The van der Waals surface area contributed by atoms with Crippen molar-refractivity contribution in [2.45, 2.75) is 6.42 Å². The summed E-state index contributed by atoms with van der Waals surface area (Å²) < 4.78 is 0. The topological polar surface area (TPSA) is 36.4 Å². The summed E-state index contributed by atoms with van der Waals surface area (Å²) in [6.45, 7) is 0.795. The van der Waals surface area contributed by atoms with Crippen LogP contribution in [0.5, 0.6) is 0 Å². The summed E-state index contributed by atoms with van der Waals surface area (Å²) in [7, 11) is 0. The molecular formula is C14H15N3S2. The number of hydrogen-bond acceptors (Lipinski definition) is 3. The molecule has 0 aliphatic rings. The van der Waals surface area contributed by atoms with Crippen LogP contribution < -0.4 is 10.7 Å². The molecule has 1 aromatic carbocycles. The van der Waals surface area contributed by atoms with E-state index in [9.17, 15) is 0 Å². The minimum atomic E-state index is 0.544. The lowest BCUT2D eigenvalue weighted by Gasteiger charge is -2.06. The van der Waals surface area contributed by atoms with Crippen molar-refractivity contribution in [2.75, 3.05) is 6.54 Å². The van der Waals surface area contributed by atoms with Gasteiger partial charge in [0, 0.05) is 12.1 Å². The molecule has 98 valence electrons. The summed E-state index contributed by atoms with van der Waals surface area (Å²) >= 11 is 6.77. The van der Waals surface area contributed by atoms with Crippen LogP contribution in [0.2, 0.25) is 0 Å². The number of nitrogens with one attached hydrogen (secondary N) is 2. The van der Waals surface area contributed by atoms with E-state index in [0.29, 0.717) is 5.11 Å². The minimum Gasteiger partial charge on any atom is -0.361 e. The summed E-state index contributed by atoms with van der Waals surface area (Å²) in [5, 5.41) is 11.8. The first-order chi connectivity index (χ1) is 9.34. The van der Waals surface area contributed by atoms with Crippen molar-refractivity contribution >= 4 is 34.9 Å². The van der Waals surface area contributed by atoms with Crippen LogP contribution in [0, 0.1) is 0 Å². The lowest BCUT2D eigenvalue weighted by molar-refractivity contribution is 0.838. The van der Waals surface area contributed by atoms with E-state index in [2.05, 4.69) is 28.0 Å². The fourth-order valence-electron chi connectivity index (χ4n) is 1.52. The van der Waals surface area contributed by atoms with Gasteiger partial charge in [-0.1, -0.05) is 30.3 Å². The fourth-order valence-corrected chi connectivity index (χ4v) is 2.28. The Morgan fingerprint density at radius 2 is 2.11 bits per heavy atom. The van der Waals surface area contributed by atoms with Gasteiger partial charge in [-0.2, -0.15) is 16.4 Å². The molecule has 0 aliphatic carbocycles. The second kappa shape index (κ2) is 7.66. The molecular weight excluding hydrogens is 274 g/mol. The van der Waals surface area contributed by atoms with Gasteiger partial charge in [0.1, 0.15) is 0 Å². The van der Waals surface area contributed by atoms with Crippen LogP contribution in [-0.2, 0) is 6.42 Å². The van der Waals surface area contributed by atoms with Crippen molar-refractivity contribution < 1.29 is 0 Å². The largest absolute Gasteiger partial charge is 0.361 e. The number of nitrogens with zero attached hydrogens (tertiary/aromatic N) is 1. The number of thiocarbonyl (C=S) groups is 1. The van der Waals surface area contributed by atoms with E-state index < -0.39 is 0 Å². The predicted molar refractivity (Wildman–Crippen MR) is 85.8 cm³/mol. The van der Waals surface area contributed by atoms with Gasteiger partial charge in [0.05, 0.1) is 6.21 Å². The minimum absolute atomic E-state index is 0.544. The molecule has 1 heterocycles. The Hall–Kier alpha value is -1.72. The highest BCUT2D eigenvalue weighted by Crippen LogP contribution is 2.01. The van der Waals surface area contributed by atoms with E-state index in [-0.39, 0.29) is 0 Å². The van der Waals surface area contributed by atoms with Crippen LogP contribution >= 0.6 is 23.6 Å². The number of rotatable bonds is 5. The monoisotopic (exact) mass is 289 g/mol. The Kier molecular flexibility index (Phi) is 5.52. The molecule has 0 amide bonds. The van der Waals surface area contributed by atoms with Crippen LogP contribution in [0.3, 0.4) is 0 Å². The van der Waals surface area contributed by atoms with Gasteiger partial charge in [-0.15, -0.1) is 0 Å². The summed E-state index contributed by atoms with van der Waals surface area (Å²) in [6, 6.07) is 12.3. The summed E-state index contributed by atoms with van der Waals surface area (Å²) in [5.41, 5.74) is 5.17. The van der Waals surface area contributed by atoms with Gasteiger partial charge < -0.3 is 5.32 Å². The lowest BCUT2D eigenvalue weighted by Crippen LogP contribution is -2.33. The Bertz CT molecular complexity index is 521. The van der Waals surface area contributed by atoms with E-state index in [1.807, 2.05) is 35.0 Å². The Morgan fingerprint density at radius 1 is 1.26 bits per heavy atom. The van der Waals surface area contributed by atoms with E-state index in [4.69, 9.17) is 12.2 Å². The van der Waals surface area contributed by atoms with Crippen molar-refractivity contribution in [3.63, 3.8) is 0 Å². The molecule has 0 radical (unpaired) electrons. The van der Waals surface area contributed by atoms with Gasteiger partial charge in [0.15, 0.2) is 5.11 Å². The average Bonchev–Trinajstić information content (AvgIpc) is 2.93. The second-order valence-corrected chi connectivity index (χ2v) is 5.11. The Balaban J connectivity index is 1.65. The molecule has 1 aromatic heterocycles. The molecule has 0 spiro atoms. The van der Waals surface area contributed by atoms with E-state index in [1.165, 1.54) is 5.56 Å². The predicted octanol–water partition coefficient (Wildman–Crippen LogP) is 2.79. The van der Waals surface area contributed by atoms with Crippen molar-refractivity contribution in [2.24, 2.45) is 5.10 Å². The first-order valence-electron chi connectivity index (χ1n) is 5.97. The highest BCUT2D eigenvalue weighted by Gasteiger charge is 1.94. The zero-order valence-electron chi connectivity index (χ0n) is 10.4. The summed E-state index contributed by atoms with van der Waals surface area (Å²) in [6.07, 6.45) is 2.69. The standard InChI is InChI=1S/C14H15N3S2/c18-14(17-16-10-13-7-9-19-11-13)15-8-6-12-4-2-1-3-5-12/h1-5,7,9-11H,6,8H2,(H2,15,17,18)/b16-10-. The number of thiophene rings is 1. The quantitative estimate of drug-likeness (QED) is 0.505. The van der Waals surface area contributed by atoms with Crippen LogP contribution in [0.4, 0.5) is 0 Å². The normalized spacial score (nSPS) is 10.5. The van der Waals surface area contributed by atoms with E-state index in [0.717, 1.165) is 18.5 Å². The average molecular weight is 289 g/mol. The SMILES string of the molecule is S=C(NCCc1ccccc1)N/N=C\c1ccsc1. The number of benzene rings is 1. The highest BCUT2D eigenvalue weighted by molar-refractivity contribution is 7.80. The Labute approximate surface area is 122 Å². The van der Waals surface area contributed by atoms with Crippen LogP contribution in [-0.4, -0.2) is 17.9 Å². The molecule has 0 aliphatic heterocycles. The molecule has 0 fully saturated rings. The van der Waals surface area contributed by atoms with Gasteiger partial charge in [-0.05, 0) is 41.0 Å². The van der Waals surface area contributed by atoms with E-state index >= 15 is 0 Å². The van der Waals surface area contributed by atoms with Gasteiger partial charge in [0.2, 0.25) is 0 Å². The maximum absolute atomic E-state index is 5.13. The fraction of sp³-hybridized carbons (Fsp3) is 0.143. The first kappa shape index (κ1) is 13.7. The van der Waals surface area contributed by atoms with Gasteiger partial charge in [-0.25, -0.2) is 0 Å². The third-order valence-corrected chi connectivity index (χ3v) is 3.40. The number of hydrogen-bond donors (Lipinski definition) is 2. The molecule has 19 heavy (non-hydrogen) atoms. The zero-order chi connectivity index (χ0) is 13.3. The van der Waals surface area contributed by atoms with Crippen molar-refractivity contribution in [1.82, 2.24) is 10.7 Å². The van der Waals surface area contributed by atoms with Gasteiger partial charge in [-0.3, -0.25) is 5.43 Å². The molecule has 3 nitrogen and oxygen atoms in total. The van der Waals surface area contributed by atoms with Crippen molar-refractivity contribution in [1.29, 1.82) is 0 Å². The molecule has 5 heteroatoms. The van der Waals surface area contributed by atoms with E-state index in [1.54, 1.807) is 17.6 Å². The second-order valence-electron chi connectivity index (χ2n) is 3.92. The van der Waals surface area contributed by atoms with Crippen molar-refractivity contribution in [3.8, 4) is 0 Å². The van der Waals surface area contributed by atoms with Crippen molar-refractivity contribution in [3.05, 3.63) is 58.3 Å². The first-order valence-corrected chi connectivity index (χ1v) is 7.33. The molecule has 0 unspecified atom stereocenters. The van der Waals surface area contributed by atoms with Gasteiger partial charge in [0.25, 0.3) is 0 Å². The molecule has 0 saturated heterocycles. The van der Waals surface area contributed by atoms with Crippen LogP contribution in [0.25, 0.3) is 0 Å². The Morgan fingerprint density at radius 3 is 2.84 bits per heavy atom. The molecule has 0 atom stereocenters. The summed E-state index contributed by atoms with van der Waals surface area (Å²) in [4.78, 5) is 0. The lowest BCUT2D eigenvalue weighted by atomic mass is 10.1. The highest BCUT2D eigenvalue weighted by atomic mass is 32.1.